The van der Waals surface area contributed by atoms with Crippen LogP contribution in [-0.2, 0) is 11.3 Å². The highest BCUT2D eigenvalue weighted by Crippen LogP contribution is 2.06. The van der Waals surface area contributed by atoms with Crippen LogP contribution in [0, 0.1) is 0 Å². The molecule has 0 spiro atoms. The van der Waals surface area contributed by atoms with E-state index in [1.165, 1.54) is 0 Å². The molecule has 1 amide bonds. The van der Waals surface area contributed by atoms with Crippen LogP contribution in [0.15, 0.2) is 18.3 Å². The van der Waals surface area contributed by atoms with Crippen LogP contribution in [-0.4, -0.2) is 43.0 Å². The summed E-state index contributed by atoms with van der Waals surface area (Å²) in [6.45, 7) is 2.46. The number of aromatic nitrogens is 1. The lowest BCUT2D eigenvalue weighted by Crippen LogP contribution is -2.41. The van der Waals surface area contributed by atoms with E-state index in [-0.39, 0.29) is 11.9 Å². The fourth-order valence-electron chi connectivity index (χ4n) is 1.38. The third-order valence-electron chi connectivity index (χ3n) is 2.43. The van der Waals surface area contributed by atoms with E-state index in [9.17, 15) is 4.79 Å². The Morgan fingerprint density at radius 1 is 1.53 bits per heavy atom. The summed E-state index contributed by atoms with van der Waals surface area (Å²) in [6, 6.07) is 3.52. The Hall–Kier alpha value is -1.62. The molecule has 1 unspecified atom stereocenters. The van der Waals surface area contributed by atoms with E-state index in [1.807, 2.05) is 13.0 Å². The molecule has 0 saturated carbocycles. The van der Waals surface area contributed by atoms with Gasteiger partial charge in [-0.05, 0) is 12.5 Å². The van der Waals surface area contributed by atoms with Crippen molar-refractivity contribution in [1.29, 1.82) is 0 Å². The average molecular weight is 237 g/mol. The van der Waals surface area contributed by atoms with Gasteiger partial charge in [0.15, 0.2) is 0 Å². The zero-order valence-electron chi connectivity index (χ0n) is 10.7. The van der Waals surface area contributed by atoms with Crippen molar-refractivity contribution in [3.05, 3.63) is 23.9 Å². The van der Waals surface area contributed by atoms with Crippen LogP contribution in [0.4, 0.5) is 0 Å². The van der Waals surface area contributed by atoms with Gasteiger partial charge in [0.25, 0.3) is 0 Å². The molecule has 0 aliphatic heterocycles. The molecular formula is C12H19N3O2. The number of methoxy groups -OCH3 is 1. The van der Waals surface area contributed by atoms with Gasteiger partial charge < -0.3 is 15.0 Å². The lowest BCUT2D eigenvalue weighted by Gasteiger charge is -2.17. The molecule has 0 aliphatic rings. The summed E-state index contributed by atoms with van der Waals surface area (Å²) in [5.41, 5.74) is 1.02. The lowest BCUT2D eigenvalue weighted by molar-refractivity contribution is -0.130. The molecule has 1 N–H and O–H groups in total. The maximum atomic E-state index is 11.6. The fourth-order valence-corrected chi connectivity index (χ4v) is 1.38. The lowest BCUT2D eigenvalue weighted by atomic mass is 10.2. The van der Waals surface area contributed by atoms with E-state index in [2.05, 4.69) is 10.3 Å². The molecule has 94 valence electrons. The predicted octanol–water partition coefficient (Wildman–Crippen LogP) is 0.656. The molecule has 5 heteroatoms. The maximum Gasteiger partial charge on any atom is 0.238 e. The summed E-state index contributed by atoms with van der Waals surface area (Å²) in [4.78, 5) is 17.3. The minimum atomic E-state index is -0.202. The largest absolute Gasteiger partial charge is 0.481 e. The van der Waals surface area contributed by atoms with Crippen LogP contribution in [0.2, 0.25) is 0 Å². The maximum absolute atomic E-state index is 11.6. The summed E-state index contributed by atoms with van der Waals surface area (Å²) in [5, 5.41) is 3.15. The standard InChI is InChI=1S/C12H19N3O2/c1-9(12(16)15(2)3)13-7-10-5-6-11(17-4)14-8-10/h5-6,8-9,13H,7H2,1-4H3. The van der Waals surface area contributed by atoms with Crippen molar-refractivity contribution in [2.75, 3.05) is 21.2 Å². The monoisotopic (exact) mass is 237 g/mol. The van der Waals surface area contributed by atoms with Gasteiger partial charge in [-0.1, -0.05) is 6.07 Å². The van der Waals surface area contributed by atoms with Gasteiger partial charge in [-0.15, -0.1) is 0 Å². The van der Waals surface area contributed by atoms with E-state index in [1.54, 1.807) is 38.4 Å². The second-order valence-electron chi connectivity index (χ2n) is 4.04. The Kier molecular flexibility index (Phi) is 4.90. The number of nitrogens with zero attached hydrogens (tertiary/aromatic N) is 2. The number of carbonyl (C=O) groups excluding carboxylic acids is 1. The van der Waals surface area contributed by atoms with Crippen LogP contribution in [0.5, 0.6) is 5.88 Å². The second kappa shape index (κ2) is 6.20. The predicted molar refractivity (Wildman–Crippen MR) is 65.8 cm³/mol. The summed E-state index contributed by atoms with van der Waals surface area (Å²) in [6.07, 6.45) is 1.73. The molecule has 0 aromatic carbocycles. The van der Waals surface area contributed by atoms with Gasteiger partial charge in [0.05, 0.1) is 13.2 Å². The van der Waals surface area contributed by atoms with E-state index in [0.717, 1.165) is 5.56 Å². The Labute approximate surface area is 102 Å². The Morgan fingerprint density at radius 2 is 2.24 bits per heavy atom. The van der Waals surface area contributed by atoms with Crippen LogP contribution in [0.1, 0.15) is 12.5 Å². The first kappa shape index (κ1) is 13.4. The first-order valence-electron chi connectivity index (χ1n) is 5.48. The summed E-state index contributed by atoms with van der Waals surface area (Å²) < 4.78 is 4.97. The van der Waals surface area contributed by atoms with Gasteiger partial charge in [-0.2, -0.15) is 0 Å². The number of nitrogens with one attached hydrogen (secondary N) is 1. The highest BCUT2D eigenvalue weighted by Gasteiger charge is 2.13. The van der Waals surface area contributed by atoms with Gasteiger partial charge in [0.1, 0.15) is 0 Å². The molecule has 1 heterocycles. The molecule has 0 bridgehead atoms. The smallest absolute Gasteiger partial charge is 0.238 e. The third kappa shape index (κ3) is 4.03. The number of rotatable bonds is 5. The number of hydrogen-bond acceptors (Lipinski definition) is 4. The number of hydrogen-bond donors (Lipinski definition) is 1. The van der Waals surface area contributed by atoms with E-state index < -0.39 is 0 Å². The molecule has 1 aromatic heterocycles. The van der Waals surface area contributed by atoms with Crippen LogP contribution < -0.4 is 10.1 Å². The normalized spacial score (nSPS) is 12.0. The quantitative estimate of drug-likeness (QED) is 0.817. The summed E-state index contributed by atoms with van der Waals surface area (Å²) >= 11 is 0. The van der Waals surface area contributed by atoms with E-state index in [4.69, 9.17) is 4.74 Å². The number of likely N-dealkylation sites (N-methyl/N-ethyl adjacent to an activating group) is 1. The first-order valence-corrected chi connectivity index (χ1v) is 5.48. The molecule has 0 radical (unpaired) electrons. The molecule has 0 saturated heterocycles. The van der Waals surface area contributed by atoms with Gasteiger partial charge in [-0.25, -0.2) is 4.98 Å². The topological polar surface area (TPSA) is 54.5 Å². The van der Waals surface area contributed by atoms with Crippen molar-refractivity contribution < 1.29 is 9.53 Å². The molecule has 1 atom stereocenters. The Morgan fingerprint density at radius 3 is 2.71 bits per heavy atom. The SMILES string of the molecule is COc1ccc(CNC(C)C(=O)N(C)C)cn1. The molecular weight excluding hydrogens is 218 g/mol. The van der Waals surface area contributed by atoms with Crippen molar-refractivity contribution >= 4 is 5.91 Å². The molecule has 0 aliphatic carbocycles. The van der Waals surface area contributed by atoms with Gasteiger partial charge in [-0.3, -0.25) is 4.79 Å². The van der Waals surface area contributed by atoms with Crippen molar-refractivity contribution in [3.8, 4) is 5.88 Å². The van der Waals surface area contributed by atoms with Crippen LogP contribution in [0.25, 0.3) is 0 Å². The second-order valence-corrected chi connectivity index (χ2v) is 4.04. The summed E-state index contributed by atoms with van der Waals surface area (Å²) in [7, 11) is 5.07. The summed E-state index contributed by atoms with van der Waals surface area (Å²) in [5.74, 6) is 0.651. The van der Waals surface area contributed by atoms with Crippen molar-refractivity contribution in [2.24, 2.45) is 0 Å². The number of amides is 1. The average Bonchev–Trinajstić information content (AvgIpc) is 2.35. The van der Waals surface area contributed by atoms with Crippen LogP contribution >= 0.6 is 0 Å². The third-order valence-corrected chi connectivity index (χ3v) is 2.43. The molecule has 0 fully saturated rings. The highest BCUT2D eigenvalue weighted by atomic mass is 16.5. The number of pyridine rings is 1. The highest BCUT2D eigenvalue weighted by molar-refractivity contribution is 5.80. The van der Waals surface area contributed by atoms with Gasteiger partial charge in [0.2, 0.25) is 11.8 Å². The Balaban J connectivity index is 2.47. The van der Waals surface area contributed by atoms with Crippen LogP contribution in [0.3, 0.4) is 0 Å². The molecule has 17 heavy (non-hydrogen) atoms. The fraction of sp³-hybridized carbons (Fsp3) is 0.500. The Bertz CT molecular complexity index is 363. The van der Waals surface area contributed by atoms with E-state index in [0.29, 0.717) is 12.4 Å². The van der Waals surface area contributed by atoms with Gasteiger partial charge in [0, 0.05) is 32.9 Å². The molecule has 1 rings (SSSR count). The molecule has 5 nitrogen and oxygen atoms in total. The van der Waals surface area contributed by atoms with Crippen molar-refractivity contribution in [3.63, 3.8) is 0 Å². The zero-order chi connectivity index (χ0) is 12.8. The number of ether oxygens (including phenoxy) is 1. The van der Waals surface area contributed by atoms with Crippen molar-refractivity contribution in [1.82, 2.24) is 15.2 Å². The minimum Gasteiger partial charge on any atom is -0.481 e. The van der Waals surface area contributed by atoms with Crippen molar-refractivity contribution in [2.45, 2.75) is 19.5 Å². The van der Waals surface area contributed by atoms with Gasteiger partial charge >= 0.3 is 0 Å². The first-order chi connectivity index (χ1) is 8.04. The van der Waals surface area contributed by atoms with E-state index >= 15 is 0 Å². The number of carbonyl (C=O) groups is 1. The molecule has 1 aromatic rings. The minimum absolute atomic E-state index is 0.0615. The zero-order valence-corrected chi connectivity index (χ0v) is 10.7.